The Kier molecular flexibility index (Phi) is 5.05. The Hall–Kier alpha value is -2.21. The van der Waals surface area contributed by atoms with E-state index in [2.05, 4.69) is 43.1 Å². The number of nitrogens with one attached hydrogen (secondary N) is 2. The molecule has 108 valence electrons. The SMILES string of the molecule is C=CCNC(=O)c1cc(Nc2ccc(Br)cc2)nc(C)n1. The van der Waals surface area contributed by atoms with Gasteiger partial charge < -0.3 is 10.6 Å². The fourth-order valence-electron chi connectivity index (χ4n) is 1.68. The van der Waals surface area contributed by atoms with Gasteiger partial charge in [0.15, 0.2) is 0 Å². The van der Waals surface area contributed by atoms with E-state index in [1.54, 1.807) is 19.1 Å². The highest BCUT2D eigenvalue weighted by Crippen LogP contribution is 2.18. The third-order valence-electron chi connectivity index (χ3n) is 2.59. The summed E-state index contributed by atoms with van der Waals surface area (Å²) in [6.45, 7) is 5.71. The van der Waals surface area contributed by atoms with Gasteiger partial charge in [-0.25, -0.2) is 9.97 Å². The van der Waals surface area contributed by atoms with Crippen molar-refractivity contribution >= 4 is 33.3 Å². The van der Waals surface area contributed by atoms with Crippen LogP contribution in [0.15, 0.2) is 47.5 Å². The second-order valence-electron chi connectivity index (χ2n) is 4.32. The molecule has 0 aliphatic rings. The summed E-state index contributed by atoms with van der Waals surface area (Å²) in [5.74, 6) is 0.855. The van der Waals surface area contributed by atoms with E-state index in [-0.39, 0.29) is 5.91 Å². The van der Waals surface area contributed by atoms with Gasteiger partial charge in [0.25, 0.3) is 5.91 Å². The van der Waals surface area contributed by atoms with Crippen molar-refractivity contribution in [1.29, 1.82) is 0 Å². The third kappa shape index (κ3) is 4.39. The molecule has 1 aromatic carbocycles. The molecule has 0 unspecified atom stereocenters. The molecule has 6 heteroatoms. The van der Waals surface area contributed by atoms with Crippen LogP contribution in [-0.2, 0) is 0 Å². The summed E-state index contributed by atoms with van der Waals surface area (Å²) in [6, 6.07) is 9.30. The molecular formula is C15H15BrN4O. The lowest BCUT2D eigenvalue weighted by Gasteiger charge is -2.08. The molecule has 0 aliphatic heterocycles. The van der Waals surface area contributed by atoms with E-state index in [1.807, 2.05) is 24.3 Å². The molecule has 21 heavy (non-hydrogen) atoms. The lowest BCUT2D eigenvalue weighted by Crippen LogP contribution is -2.24. The summed E-state index contributed by atoms with van der Waals surface area (Å²) in [5, 5.41) is 5.84. The first kappa shape index (κ1) is 15.2. The van der Waals surface area contributed by atoms with Crippen molar-refractivity contribution in [2.45, 2.75) is 6.92 Å². The van der Waals surface area contributed by atoms with Crippen LogP contribution in [0.1, 0.15) is 16.3 Å². The number of carbonyl (C=O) groups excluding carboxylic acids is 1. The summed E-state index contributed by atoms with van der Waals surface area (Å²) in [6.07, 6.45) is 1.62. The van der Waals surface area contributed by atoms with Crippen LogP contribution >= 0.6 is 15.9 Å². The molecule has 0 saturated carbocycles. The highest BCUT2D eigenvalue weighted by molar-refractivity contribution is 9.10. The zero-order chi connectivity index (χ0) is 15.2. The van der Waals surface area contributed by atoms with Crippen LogP contribution in [0.2, 0.25) is 0 Å². The summed E-state index contributed by atoms with van der Waals surface area (Å²) < 4.78 is 0.997. The highest BCUT2D eigenvalue weighted by atomic mass is 79.9. The van der Waals surface area contributed by atoms with E-state index in [1.165, 1.54) is 0 Å². The molecule has 0 atom stereocenters. The van der Waals surface area contributed by atoms with Crippen LogP contribution in [0.5, 0.6) is 0 Å². The minimum absolute atomic E-state index is 0.251. The number of benzene rings is 1. The van der Waals surface area contributed by atoms with Gasteiger partial charge >= 0.3 is 0 Å². The zero-order valence-corrected chi connectivity index (χ0v) is 13.1. The van der Waals surface area contributed by atoms with Gasteiger partial charge in [0.1, 0.15) is 17.3 Å². The van der Waals surface area contributed by atoms with Crippen molar-refractivity contribution in [3.63, 3.8) is 0 Å². The van der Waals surface area contributed by atoms with Crippen LogP contribution in [0.4, 0.5) is 11.5 Å². The van der Waals surface area contributed by atoms with Crippen molar-refractivity contribution in [2.75, 3.05) is 11.9 Å². The Morgan fingerprint density at radius 3 is 2.71 bits per heavy atom. The summed E-state index contributed by atoms with van der Waals surface area (Å²) in [7, 11) is 0. The molecular weight excluding hydrogens is 332 g/mol. The van der Waals surface area contributed by atoms with Gasteiger partial charge in [-0.05, 0) is 31.2 Å². The van der Waals surface area contributed by atoms with Gasteiger partial charge in [-0.2, -0.15) is 0 Å². The maximum absolute atomic E-state index is 11.9. The lowest BCUT2D eigenvalue weighted by atomic mass is 10.3. The van der Waals surface area contributed by atoms with Crippen molar-refractivity contribution in [1.82, 2.24) is 15.3 Å². The third-order valence-corrected chi connectivity index (χ3v) is 3.12. The maximum atomic E-state index is 11.9. The first-order valence-corrected chi connectivity index (χ1v) is 7.15. The Morgan fingerprint density at radius 2 is 2.05 bits per heavy atom. The number of aromatic nitrogens is 2. The molecule has 2 rings (SSSR count). The van der Waals surface area contributed by atoms with Crippen LogP contribution in [0, 0.1) is 6.92 Å². The van der Waals surface area contributed by atoms with Gasteiger partial charge in [0.2, 0.25) is 0 Å². The van der Waals surface area contributed by atoms with E-state index >= 15 is 0 Å². The average molecular weight is 347 g/mol. The lowest BCUT2D eigenvalue weighted by molar-refractivity contribution is 0.0952. The Balaban J connectivity index is 2.20. The number of nitrogens with zero attached hydrogens (tertiary/aromatic N) is 2. The summed E-state index contributed by atoms with van der Waals surface area (Å²) >= 11 is 3.38. The Bertz CT molecular complexity index is 655. The van der Waals surface area contributed by atoms with E-state index in [0.717, 1.165) is 10.2 Å². The van der Waals surface area contributed by atoms with E-state index in [9.17, 15) is 4.79 Å². The fourth-order valence-corrected chi connectivity index (χ4v) is 1.95. The number of amides is 1. The molecule has 0 fully saturated rings. The first-order chi connectivity index (χ1) is 10.1. The predicted octanol–water partition coefficient (Wildman–Crippen LogP) is 3.21. The van der Waals surface area contributed by atoms with E-state index in [4.69, 9.17) is 0 Å². The molecule has 1 heterocycles. The molecule has 0 spiro atoms. The largest absolute Gasteiger partial charge is 0.347 e. The number of aryl methyl sites for hydroxylation is 1. The first-order valence-electron chi connectivity index (χ1n) is 6.36. The maximum Gasteiger partial charge on any atom is 0.270 e. The van der Waals surface area contributed by atoms with Gasteiger partial charge in [-0.15, -0.1) is 6.58 Å². The standard InChI is InChI=1S/C15H15BrN4O/c1-3-8-17-15(21)13-9-14(19-10(2)18-13)20-12-6-4-11(16)5-7-12/h3-7,9H,1,8H2,2H3,(H,17,21)(H,18,19,20). The number of hydrogen-bond donors (Lipinski definition) is 2. The molecule has 2 N–H and O–H groups in total. The van der Waals surface area contributed by atoms with Gasteiger partial charge in [-0.3, -0.25) is 4.79 Å². The number of carbonyl (C=O) groups is 1. The number of rotatable bonds is 5. The Labute approximate surface area is 131 Å². The van der Waals surface area contributed by atoms with Gasteiger partial charge in [-0.1, -0.05) is 22.0 Å². The van der Waals surface area contributed by atoms with E-state index < -0.39 is 0 Å². The van der Waals surface area contributed by atoms with Gasteiger partial charge in [0, 0.05) is 22.8 Å². The quantitative estimate of drug-likeness (QED) is 0.815. The topological polar surface area (TPSA) is 66.9 Å². The van der Waals surface area contributed by atoms with Crippen LogP contribution in [0.3, 0.4) is 0 Å². The highest BCUT2D eigenvalue weighted by Gasteiger charge is 2.09. The molecule has 0 bridgehead atoms. The smallest absolute Gasteiger partial charge is 0.270 e. The molecule has 2 aromatic rings. The van der Waals surface area contributed by atoms with Crippen molar-refractivity contribution in [3.05, 3.63) is 59.0 Å². The summed E-state index contributed by atoms with van der Waals surface area (Å²) in [4.78, 5) is 20.3. The average Bonchev–Trinajstić information content (AvgIpc) is 2.46. The molecule has 0 radical (unpaired) electrons. The van der Waals surface area contributed by atoms with Crippen molar-refractivity contribution in [3.8, 4) is 0 Å². The minimum Gasteiger partial charge on any atom is -0.347 e. The van der Waals surface area contributed by atoms with Gasteiger partial charge in [0.05, 0.1) is 0 Å². The monoisotopic (exact) mass is 346 g/mol. The molecule has 1 amide bonds. The van der Waals surface area contributed by atoms with Crippen molar-refractivity contribution in [2.24, 2.45) is 0 Å². The normalized spacial score (nSPS) is 10.0. The minimum atomic E-state index is -0.251. The number of anilines is 2. The van der Waals surface area contributed by atoms with Crippen LogP contribution < -0.4 is 10.6 Å². The predicted molar refractivity (Wildman–Crippen MR) is 86.7 cm³/mol. The van der Waals surface area contributed by atoms with E-state index in [0.29, 0.717) is 23.9 Å². The number of halogens is 1. The van der Waals surface area contributed by atoms with Crippen LogP contribution in [-0.4, -0.2) is 22.4 Å². The summed E-state index contributed by atoms with van der Waals surface area (Å²) in [5.41, 5.74) is 1.21. The Morgan fingerprint density at radius 1 is 1.33 bits per heavy atom. The second-order valence-corrected chi connectivity index (χ2v) is 5.23. The molecule has 1 aromatic heterocycles. The molecule has 0 aliphatic carbocycles. The molecule has 5 nitrogen and oxygen atoms in total. The molecule has 0 saturated heterocycles. The fraction of sp³-hybridized carbons (Fsp3) is 0.133. The van der Waals surface area contributed by atoms with Crippen molar-refractivity contribution < 1.29 is 4.79 Å². The zero-order valence-electron chi connectivity index (χ0n) is 11.6. The second kappa shape index (κ2) is 6.99. The van der Waals surface area contributed by atoms with Crippen LogP contribution in [0.25, 0.3) is 0 Å². The number of hydrogen-bond acceptors (Lipinski definition) is 4.